The summed E-state index contributed by atoms with van der Waals surface area (Å²) >= 11 is 0. The van der Waals surface area contributed by atoms with Gasteiger partial charge in [0.05, 0.1) is 12.5 Å². The number of nitrogens with zero attached hydrogens (tertiary/aromatic N) is 2. The van der Waals surface area contributed by atoms with Gasteiger partial charge >= 0.3 is 0 Å². The molecule has 0 aliphatic heterocycles. The van der Waals surface area contributed by atoms with Crippen molar-refractivity contribution >= 4 is 0 Å². The van der Waals surface area contributed by atoms with Crippen LogP contribution in [0.3, 0.4) is 0 Å². The molecule has 2 heterocycles. The molecule has 4 nitrogen and oxygen atoms in total. The van der Waals surface area contributed by atoms with E-state index in [-0.39, 0.29) is 0 Å². The summed E-state index contributed by atoms with van der Waals surface area (Å²) < 4.78 is 7.21. The molecule has 1 unspecified atom stereocenters. The Labute approximate surface area is 102 Å². The van der Waals surface area contributed by atoms with Gasteiger partial charge in [-0.05, 0) is 31.5 Å². The smallest absolute Gasteiger partial charge is 0.101 e. The fraction of sp³-hybridized carbons (Fsp3) is 0.462. The van der Waals surface area contributed by atoms with E-state index in [0.717, 1.165) is 18.7 Å². The van der Waals surface area contributed by atoms with Crippen LogP contribution in [-0.4, -0.2) is 16.3 Å². The van der Waals surface area contributed by atoms with Crippen molar-refractivity contribution in [1.82, 2.24) is 15.1 Å². The molecule has 1 N–H and O–H groups in total. The summed E-state index contributed by atoms with van der Waals surface area (Å²) in [5.41, 5.74) is 2.44. The lowest BCUT2D eigenvalue weighted by Gasteiger charge is -2.15. The molecule has 1 atom stereocenters. The van der Waals surface area contributed by atoms with E-state index in [2.05, 4.69) is 29.6 Å². The molecule has 0 bridgehead atoms. The van der Waals surface area contributed by atoms with Crippen molar-refractivity contribution < 1.29 is 4.42 Å². The molecule has 17 heavy (non-hydrogen) atoms. The minimum absolute atomic E-state index is 0.293. The molecule has 0 spiro atoms. The van der Waals surface area contributed by atoms with Gasteiger partial charge in [0.1, 0.15) is 5.76 Å². The zero-order valence-electron chi connectivity index (χ0n) is 10.6. The van der Waals surface area contributed by atoms with Gasteiger partial charge in [-0.15, -0.1) is 0 Å². The first-order valence-corrected chi connectivity index (χ1v) is 5.95. The van der Waals surface area contributed by atoms with Gasteiger partial charge in [-0.1, -0.05) is 6.92 Å². The van der Waals surface area contributed by atoms with E-state index < -0.39 is 0 Å². The van der Waals surface area contributed by atoms with E-state index >= 15 is 0 Å². The van der Waals surface area contributed by atoms with Crippen LogP contribution in [0.1, 0.15) is 29.9 Å². The Kier molecular flexibility index (Phi) is 3.64. The molecule has 0 aliphatic rings. The summed E-state index contributed by atoms with van der Waals surface area (Å²) in [5.74, 6) is 0.953. The summed E-state index contributed by atoms with van der Waals surface area (Å²) in [7, 11) is 1.94. The molecule has 0 fully saturated rings. The second-order valence-corrected chi connectivity index (χ2v) is 4.33. The van der Waals surface area contributed by atoms with Gasteiger partial charge < -0.3 is 9.73 Å². The Hall–Kier alpha value is -1.55. The summed E-state index contributed by atoms with van der Waals surface area (Å²) in [5, 5.41) is 7.67. The summed E-state index contributed by atoms with van der Waals surface area (Å²) in [6.45, 7) is 5.02. The van der Waals surface area contributed by atoms with E-state index in [9.17, 15) is 0 Å². The minimum Gasteiger partial charge on any atom is -0.469 e. The first kappa shape index (κ1) is 11.9. The van der Waals surface area contributed by atoms with Crippen LogP contribution in [0.2, 0.25) is 0 Å². The normalized spacial score (nSPS) is 12.9. The highest BCUT2D eigenvalue weighted by atomic mass is 16.3. The molecule has 2 rings (SSSR count). The molecular weight excluding hydrogens is 214 g/mol. The van der Waals surface area contributed by atoms with Gasteiger partial charge in [-0.25, -0.2) is 0 Å². The van der Waals surface area contributed by atoms with Gasteiger partial charge in [0.25, 0.3) is 0 Å². The van der Waals surface area contributed by atoms with Crippen molar-refractivity contribution in [2.45, 2.75) is 26.3 Å². The first-order valence-electron chi connectivity index (χ1n) is 5.95. The molecule has 0 amide bonds. The number of hydrogen-bond acceptors (Lipinski definition) is 3. The van der Waals surface area contributed by atoms with Crippen molar-refractivity contribution in [2.75, 3.05) is 6.54 Å². The van der Waals surface area contributed by atoms with Gasteiger partial charge in [0, 0.05) is 24.8 Å². The molecule has 0 aliphatic carbocycles. The maximum absolute atomic E-state index is 5.37. The summed E-state index contributed by atoms with van der Waals surface area (Å²) in [6, 6.07) is 2.38. The highest BCUT2D eigenvalue weighted by Gasteiger charge is 2.14. The number of hydrogen-bond donors (Lipinski definition) is 1. The van der Waals surface area contributed by atoms with E-state index in [4.69, 9.17) is 4.42 Å². The fourth-order valence-electron chi connectivity index (χ4n) is 2.01. The second kappa shape index (κ2) is 5.19. The van der Waals surface area contributed by atoms with Crippen molar-refractivity contribution in [3.63, 3.8) is 0 Å². The first-order chi connectivity index (χ1) is 8.19. The predicted molar refractivity (Wildman–Crippen MR) is 66.8 cm³/mol. The highest BCUT2D eigenvalue weighted by Crippen LogP contribution is 2.20. The van der Waals surface area contributed by atoms with Crippen LogP contribution >= 0.6 is 0 Å². The van der Waals surface area contributed by atoms with Crippen LogP contribution in [0.15, 0.2) is 29.1 Å². The number of nitrogens with one attached hydrogen (secondary N) is 1. The SMILES string of the molecule is CCNC(Cc1cnn(C)c1)c1coc(C)c1. The summed E-state index contributed by atoms with van der Waals surface area (Å²) in [6.07, 6.45) is 6.73. The molecule has 0 saturated heterocycles. The monoisotopic (exact) mass is 233 g/mol. The molecule has 4 heteroatoms. The Morgan fingerprint density at radius 3 is 2.88 bits per heavy atom. The van der Waals surface area contributed by atoms with Gasteiger partial charge in [0.15, 0.2) is 0 Å². The standard InChI is InChI=1S/C13H19N3O/c1-4-14-13(12-5-10(2)17-9-12)6-11-7-15-16(3)8-11/h5,7-9,13-14H,4,6H2,1-3H3. The zero-order valence-corrected chi connectivity index (χ0v) is 10.6. The average Bonchev–Trinajstić information content (AvgIpc) is 2.87. The molecule has 0 aromatic carbocycles. The maximum atomic E-state index is 5.37. The van der Waals surface area contributed by atoms with E-state index in [1.807, 2.05) is 31.1 Å². The third kappa shape index (κ3) is 2.97. The topological polar surface area (TPSA) is 43.0 Å². The number of aromatic nitrogens is 2. The number of rotatable bonds is 5. The lowest BCUT2D eigenvalue weighted by Crippen LogP contribution is -2.22. The lowest BCUT2D eigenvalue weighted by molar-refractivity contribution is 0.511. The zero-order chi connectivity index (χ0) is 12.3. The Bertz CT molecular complexity index is 472. The number of aryl methyl sites for hydroxylation is 2. The van der Waals surface area contributed by atoms with Gasteiger partial charge in [0.2, 0.25) is 0 Å². The Morgan fingerprint density at radius 1 is 1.53 bits per heavy atom. The van der Waals surface area contributed by atoms with Gasteiger partial charge in [-0.2, -0.15) is 5.10 Å². The van der Waals surface area contributed by atoms with Crippen LogP contribution < -0.4 is 5.32 Å². The fourth-order valence-corrected chi connectivity index (χ4v) is 2.01. The van der Waals surface area contributed by atoms with Crippen LogP contribution in [0.4, 0.5) is 0 Å². The lowest BCUT2D eigenvalue weighted by atomic mass is 10.0. The largest absolute Gasteiger partial charge is 0.469 e. The van der Waals surface area contributed by atoms with Crippen molar-refractivity contribution in [2.24, 2.45) is 7.05 Å². The predicted octanol–water partition coefficient (Wildman–Crippen LogP) is 2.21. The minimum atomic E-state index is 0.293. The van der Waals surface area contributed by atoms with Crippen LogP contribution in [0, 0.1) is 6.92 Å². The average molecular weight is 233 g/mol. The van der Waals surface area contributed by atoms with Gasteiger partial charge in [-0.3, -0.25) is 4.68 Å². The molecule has 0 saturated carbocycles. The van der Waals surface area contributed by atoms with Crippen LogP contribution in [0.5, 0.6) is 0 Å². The molecule has 0 radical (unpaired) electrons. The summed E-state index contributed by atoms with van der Waals surface area (Å²) in [4.78, 5) is 0. The Balaban J connectivity index is 2.12. The highest BCUT2D eigenvalue weighted by molar-refractivity contribution is 5.19. The molecular formula is C13H19N3O. The third-order valence-corrected chi connectivity index (χ3v) is 2.80. The van der Waals surface area contributed by atoms with Crippen molar-refractivity contribution in [3.05, 3.63) is 41.6 Å². The third-order valence-electron chi connectivity index (χ3n) is 2.80. The molecule has 2 aromatic rings. The van der Waals surface area contributed by atoms with E-state index in [1.54, 1.807) is 0 Å². The molecule has 2 aromatic heterocycles. The quantitative estimate of drug-likeness (QED) is 0.861. The number of furan rings is 1. The molecule has 92 valence electrons. The van der Waals surface area contributed by atoms with Crippen molar-refractivity contribution in [1.29, 1.82) is 0 Å². The van der Waals surface area contributed by atoms with Crippen LogP contribution in [-0.2, 0) is 13.5 Å². The van der Waals surface area contributed by atoms with E-state index in [1.165, 1.54) is 11.1 Å². The van der Waals surface area contributed by atoms with Crippen LogP contribution in [0.25, 0.3) is 0 Å². The number of likely N-dealkylation sites (N-methyl/N-ethyl adjacent to an activating group) is 1. The maximum Gasteiger partial charge on any atom is 0.101 e. The second-order valence-electron chi connectivity index (χ2n) is 4.33. The van der Waals surface area contributed by atoms with Crippen molar-refractivity contribution in [3.8, 4) is 0 Å². The van der Waals surface area contributed by atoms with E-state index in [0.29, 0.717) is 6.04 Å². The Morgan fingerprint density at radius 2 is 2.35 bits per heavy atom.